The highest BCUT2D eigenvalue weighted by Gasteiger charge is 2.34. The lowest BCUT2D eigenvalue weighted by atomic mass is 9.94. The summed E-state index contributed by atoms with van der Waals surface area (Å²) in [6.45, 7) is 4.55. The normalized spacial score (nSPS) is 13.4. The molecule has 8 rings (SSSR count). The molecule has 0 fully saturated rings. The molecule has 0 aliphatic carbocycles. The first-order valence-corrected chi connectivity index (χ1v) is 15.1. The number of nitrogens with zero attached hydrogens (tertiary/aromatic N) is 5. The van der Waals surface area contributed by atoms with Gasteiger partial charge in [-0.25, -0.2) is 19.9 Å². The van der Waals surface area contributed by atoms with E-state index in [1.54, 1.807) is 0 Å². The Hall–Kier alpha value is -5.07. The van der Waals surface area contributed by atoms with Crippen LogP contribution in [-0.2, 0) is 4.75 Å². The van der Waals surface area contributed by atoms with Gasteiger partial charge in [0.25, 0.3) is 0 Å². The number of thioether (sulfide) groups is 1. The summed E-state index contributed by atoms with van der Waals surface area (Å²) in [5, 5.41) is 1.02. The quantitative estimate of drug-likeness (QED) is 0.210. The van der Waals surface area contributed by atoms with E-state index >= 15 is 0 Å². The van der Waals surface area contributed by atoms with Crippen LogP contribution in [0.25, 0.3) is 62.0 Å². The van der Waals surface area contributed by atoms with Crippen LogP contribution in [0.2, 0.25) is 0 Å². The first-order valence-electron chi connectivity index (χ1n) is 14.3. The number of fused-ring (bicyclic) bond motifs is 5. The Kier molecular flexibility index (Phi) is 5.98. The van der Waals surface area contributed by atoms with Crippen molar-refractivity contribution in [1.29, 1.82) is 0 Å². The lowest BCUT2D eigenvalue weighted by molar-refractivity contribution is 0.729. The van der Waals surface area contributed by atoms with E-state index in [1.807, 2.05) is 78.5 Å². The molecule has 0 atom stereocenters. The van der Waals surface area contributed by atoms with Crippen molar-refractivity contribution in [3.05, 3.63) is 133 Å². The molecule has 0 amide bonds. The van der Waals surface area contributed by atoms with Gasteiger partial charge in [0.05, 0.1) is 16.7 Å². The first kappa shape index (κ1) is 25.6. The first-order chi connectivity index (χ1) is 21.0. The van der Waals surface area contributed by atoms with Gasteiger partial charge < -0.3 is 0 Å². The zero-order valence-electron chi connectivity index (χ0n) is 23.8. The van der Waals surface area contributed by atoms with E-state index in [-0.39, 0.29) is 4.75 Å². The van der Waals surface area contributed by atoms with E-state index in [4.69, 9.17) is 19.9 Å². The van der Waals surface area contributed by atoms with Crippen molar-refractivity contribution in [3.63, 3.8) is 0 Å². The number of imidazole rings is 1. The molecule has 5 nitrogen and oxygen atoms in total. The average molecular weight is 574 g/mol. The summed E-state index contributed by atoms with van der Waals surface area (Å²) in [7, 11) is 0. The summed E-state index contributed by atoms with van der Waals surface area (Å²) in [4.78, 5) is 19.7. The van der Waals surface area contributed by atoms with E-state index in [0.29, 0.717) is 17.5 Å². The largest absolute Gasteiger partial charge is 0.287 e. The Bertz CT molecular complexity index is 2080. The second-order valence-electron chi connectivity index (χ2n) is 11.2. The summed E-state index contributed by atoms with van der Waals surface area (Å²) in [6, 6.07) is 43.8. The summed E-state index contributed by atoms with van der Waals surface area (Å²) >= 11 is 1.81. The Labute approximate surface area is 254 Å². The van der Waals surface area contributed by atoms with Crippen molar-refractivity contribution in [2.45, 2.75) is 23.8 Å². The standard InChI is InChI=1S/C37H27N5S/c1-37(2)29-21-20-27(23-32(29)42-31-19-10-9-18-30(31)38-36(42)43-37)26-16-11-17-28(22-26)35-40-33(24-12-5-3-6-13-24)39-34(41-35)25-14-7-4-8-15-25/h3-23H,1-2H3. The molecule has 2 aromatic heterocycles. The molecular weight excluding hydrogens is 547 g/mol. The van der Waals surface area contributed by atoms with E-state index in [0.717, 1.165) is 44.0 Å². The zero-order chi connectivity index (χ0) is 29.0. The topological polar surface area (TPSA) is 56.5 Å². The molecule has 43 heavy (non-hydrogen) atoms. The number of hydrogen-bond donors (Lipinski definition) is 0. The van der Waals surface area contributed by atoms with E-state index in [9.17, 15) is 0 Å². The van der Waals surface area contributed by atoms with Crippen molar-refractivity contribution in [3.8, 4) is 51.0 Å². The number of para-hydroxylation sites is 2. The van der Waals surface area contributed by atoms with Crippen LogP contribution in [-0.4, -0.2) is 24.5 Å². The van der Waals surface area contributed by atoms with E-state index in [2.05, 4.69) is 79.1 Å². The van der Waals surface area contributed by atoms with Crippen molar-refractivity contribution in [2.75, 3.05) is 0 Å². The van der Waals surface area contributed by atoms with Gasteiger partial charge in [-0.15, -0.1) is 0 Å². The van der Waals surface area contributed by atoms with Gasteiger partial charge in [0.2, 0.25) is 0 Å². The SMILES string of the molecule is CC1(C)Sc2nc3ccccc3n2-c2cc(-c3cccc(-c4nc(-c5ccccc5)nc(-c5ccccc5)n4)c3)ccc21. The molecule has 0 spiro atoms. The maximum atomic E-state index is 4.97. The molecule has 7 aromatic rings. The average Bonchev–Trinajstić information content (AvgIpc) is 3.43. The van der Waals surface area contributed by atoms with Gasteiger partial charge in [-0.05, 0) is 54.8 Å². The molecule has 206 valence electrons. The second kappa shape index (κ2) is 10.0. The molecule has 0 unspecified atom stereocenters. The lowest BCUT2D eigenvalue weighted by Gasteiger charge is -2.32. The molecular formula is C37H27N5S. The molecule has 1 aliphatic rings. The predicted octanol–water partition coefficient (Wildman–Crippen LogP) is 9.22. The summed E-state index contributed by atoms with van der Waals surface area (Å²) < 4.78 is 2.21. The highest BCUT2D eigenvalue weighted by atomic mass is 32.2. The number of aromatic nitrogens is 5. The fourth-order valence-corrected chi connectivity index (χ4v) is 6.94. The van der Waals surface area contributed by atoms with Crippen molar-refractivity contribution < 1.29 is 0 Å². The third-order valence-corrected chi connectivity index (χ3v) is 9.10. The minimum absolute atomic E-state index is 0.0976. The predicted molar refractivity (Wildman–Crippen MR) is 175 cm³/mol. The number of hydrogen-bond acceptors (Lipinski definition) is 5. The van der Waals surface area contributed by atoms with Gasteiger partial charge in [0, 0.05) is 21.4 Å². The van der Waals surface area contributed by atoms with Crippen molar-refractivity contribution in [2.24, 2.45) is 0 Å². The maximum absolute atomic E-state index is 4.97. The molecule has 0 saturated carbocycles. The molecule has 6 heteroatoms. The zero-order valence-corrected chi connectivity index (χ0v) is 24.6. The summed E-state index contributed by atoms with van der Waals surface area (Å²) in [5.41, 5.74) is 9.70. The maximum Gasteiger partial charge on any atom is 0.174 e. The molecule has 0 saturated heterocycles. The van der Waals surface area contributed by atoms with Crippen LogP contribution in [0.5, 0.6) is 0 Å². The van der Waals surface area contributed by atoms with Crippen LogP contribution >= 0.6 is 11.8 Å². The monoisotopic (exact) mass is 573 g/mol. The van der Waals surface area contributed by atoms with Gasteiger partial charge in [0.15, 0.2) is 22.6 Å². The molecule has 3 heterocycles. The van der Waals surface area contributed by atoms with E-state index in [1.165, 1.54) is 11.3 Å². The molecule has 0 bridgehead atoms. The van der Waals surface area contributed by atoms with Gasteiger partial charge in [-0.3, -0.25) is 4.57 Å². The van der Waals surface area contributed by atoms with Crippen LogP contribution in [0.3, 0.4) is 0 Å². The van der Waals surface area contributed by atoms with Crippen LogP contribution in [0, 0.1) is 0 Å². The van der Waals surface area contributed by atoms with Gasteiger partial charge in [0.1, 0.15) is 0 Å². The molecule has 5 aromatic carbocycles. The van der Waals surface area contributed by atoms with Crippen LogP contribution in [0.4, 0.5) is 0 Å². The fourth-order valence-electron chi connectivity index (χ4n) is 5.77. The lowest BCUT2D eigenvalue weighted by Crippen LogP contribution is -2.21. The van der Waals surface area contributed by atoms with Gasteiger partial charge in [-0.1, -0.05) is 115 Å². The van der Waals surface area contributed by atoms with Crippen molar-refractivity contribution in [1.82, 2.24) is 24.5 Å². The summed E-state index contributed by atoms with van der Waals surface area (Å²) in [5.74, 6) is 1.96. The fraction of sp³-hybridized carbons (Fsp3) is 0.0811. The Balaban J connectivity index is 1.26. The molecule has 1 aliphatic heterocycles. The minimum Gasteiger partial charge on any atom is -0.287 e. The van der Waals surface area contributed by atoms with E-state index < -0.39 is 0 Å². The molecule has 0 N–H and O–H groups in total. The third kappa shape index (κ3) is 4.51. The van der Waals surface area contributed by atoms with Gasteiger partial charge >= 0.3 is 0 Å². The second-order valence-corrected chi connectivity index (χ2v) is 12.8. The summed E-state index contributed by atoms with van der Waals surface area (Å²) in [6.07, 6.45) is 0. The van der Waals surface area contributed by atoms with Crippen molar-refractivity contribution >= 4 is 22.8 Å². The van der Waals surface area contributed by atoms with Gasteiger partial charge in [-0.2, -0.15) is 0 Å². The Morgan fingerprint density at radius 2 is 1.07 bits per heavy atom. The highest BCUT2D eigenvalue weighted by molar-refractivity contribution is 8.00. The Morgan fingerprint density at radius 3 is 1.77 bits per heavy atom. The third-order valence-electron chi connectivity index (χ3n) is 7.92. The number of rotatable bonds is 4. The number of benzene rings is 5. The smallest absolute Gasteiger partial charge is 0.174 e. The van der Waals surface area contributed by atoms with Crippen LogP contribution in [0.15, 0.2) is 133 Å². The Morgan fingerprint density at radius 1 is 0.512 bits per heavy atom. The minimum atomic E-state index is -0.0976. The van der Waals surface area contributed by atoms with Crippen LogP contribution < -0.4 is 0 Å². The van der Waals surface area contributed by atoms with Crippen LogP contribution in [0.1, 0.15) is 19.4 Å². The molecule has 0 radical (unpaired) electrons. The highest BCUT2D eigenvalue weighted by Crippen LogP contribution is 2.49.